The number of hydrogen-bond acceptors (Lipinski definition) is 3. The van der Waals surface area contributed by atoms with E-state index in [9.17, 15) is 0 Å². The summed E-state index contributed by atoms with van der Waals surface area (Å²) in [6, 6.07) is 5.90. The molecule has 0 heterocycles. The van der Waals surface area contributed by atoms with Crippen LogP contribution >= 0.6 is 0 Å². The van der Waals surface area contributed by atoms with E-state index in [1.54, 1.807) is 7.11 Å². The second-order valence-corrected chi connectivity index (χ2v) is 4.04. The Morgan fingerprint density at radius 2 is 2.12 bits per heavy atom. The molecule has 0 aromatic heterocycles. The summed E-state index contributed by atoms with van der Waals surface area (Å²) in [6.07, 6.45) is 0.509. The van der Waals surface area contributed by atoms with Crippen LogP contribution in [0.25, 0.3) is 0 Å². The van der Waals surface area contributed by atoms with Crippen LogP contribution in [0.15, 0.2) is 18.2 Å². The van der Waals surface area contributed by atoms with Gasteiger partial charge in [-0.3, -0.25) is 0 Å². The highest BCUT2D eigenvalue weighted by atomic mass is 16.5. The van der Waals surface area contributed by atoms with Crippen molar-refractivity contribution in [3.05, 3.63) is 29.3 Å². The first-order chi connectivity index (χ1) is 8.17. The molecule has 1 rings (SSSR count). The van der Waals surface area contributed by atoms with Gasteiger partial charge in [-0.15, -0.1) is 0 Å². The van der Waals surface area contributed by atoms with Gasteiger partial charge in [0.05, 0.1) is 13.7 Å². The highest BCUT2D eigenvalue weighted by Gasteiger charge is 2.04. The predicted octanol–water partition coefficient (Wildman–Crippen LogP) is 1.49. The molecule has 0 fully saturated rings. The molecule has 0 saturated carbocycles. The van der Waals surface area contributed by atoms with Crippen molar-refractivity contribution in [2.45, 2.75) is 13.0 Å². The maximum Gasteiger partial charge on any atom is 0.123 e. The predicted molar refractivity (Wildman–Crippen MR) is 69.0 cm³/mol. The molecule has 1 N–H and O–H groups in total. The highest BCUT2D eigenvalue weighted by Crippen LogP contribution is 2.20. The maximum atomic E-state index is 8.67. The molecule has 0 saturated heterocycles. The van der Waals surface area contributed by atoms with Gasteiger partial charge in [0.1, 0.15) is 5.75 Å². The zero-order valence-electron chi connectivity index (χ0n) is 10.7. The first-order valence-electron chi connectivity index (χ1n) is 5.58. The van der Waals surface area contributed by atoms with E-state index in [2.05, 4.69) is 16.7 Å². The minimum Gasteiger partial charge on any atom is -0.496 e. The maximum absolute atomic E-state index is 8.67. The van der Waals surface area contributed by atoms with Crippen molar-refractivity contribution in [2.75, 3.05) is 27.8 Å². The first kappa shape index (κ1) is 13.6. The molecule has 0 aliphatic rings. The van der Waals surface area contributed by atoms with Crippen LogP contribution in [-0.4, -0.2) is 37.8 Å². The number of methoxy groups -OCH3 is 1. The lowest BCUT2D eigenvalue weighted by Gasteiger charge is -2.13. The van der Waals surface area contributed by atoms with Crippen LogP contribution in [0.3, 0.4) is 0 Å². The Hall–Kier alpha value is -1.50. The SMILES string of the molecule is COc1ccc(C#CCCO)cc1CN(C)C. The topological polar surface area (TPSA) is 32.7 Å². The van der Waals surface area contributed by atoms with Crippen LogP contribution in [-0.2, 0) is 6.54 Å². The molecular weight excluding hydrogens is 214 g/mol. The summed E-state index contributed by atoms with van der Waals surface area (Å²) in [5.41, 5.74) is 2.07. The first-order valence-corrected chi connectivity index (χ1v) is 5.58. The van der Waals surface area contributed by atoms with Gasteiger partial charge in [0.15, 0.2) is 0 Å². The number of aliphatic hydroxyl groups is 1. The zero-order valence-corrected chi connectivity index (χ0v) is 10.7. The summed E-state index contributed by atoms with van der Waals surface area (Å²) in [5, 5.41) is 8.67. The molecule has 3 heteroatoms. The zero-order chi connectivity index (χ0) is 12.7. The summed E-state index contributed by atoms with van der Waals surface area (Å²) in [6.45, 7) is 0.923. The van der Waals surface area contributed by atoms with Gasteiger partial charge in [0.2, 0.25) is 0 Å². The van der Waals surface area contributed by atoms with Crippen molar-refractivity contribution in [3.63, 3.8) is 0 Å². The van der Waals surface area contributed by atoms with Gasteiger partial charge < -0.3 is 14.7 Å². The lowest BCUT2D eigenvalue weighted by molar-refractivity contribution is 0.305. The Kier molecular flexibility index (Phi) is 5.55. The van der Waals surface area contributed by atoms with Crippen LogP contribution < -0.4 is 4.74 Å². The lowest BCUT2D eigenvalue weighted by atomic mass is 10.1. The van der Waals surface area contributed by atoms with Gasteiger partial charge >= 0.3 is 0 Å². The van der Waals surface area contributed by atoms with Gasteiger partial charge in [-0.25, -0.2) is 0 Å². The molecule has 17 heavy (non-hydrogen) atoms. The van der Waals surface area contributed by atoms with Crippen LogP contribution in [0.5, 0.6) is 5.75 Å². The van der Waals surface area contributed by atoms with E-state index in [0.29, 0.717) is 6.42 Å². The molecule has 0 unspecified atom stereocenters. The van der Waals surface area contributed by atoms with E-state index in [1.807, 2.05) is 32.3 Å². The molecule has 92 valence electrons. The van der Waals surface area contributed by atoms with Crippen LogP contribution in [0, 0.1) is 11.8 Å². The molecule has 0 bridgehead atoms. The number of ether oxygens (including phenoxy) is 1. The van der Waals surface area contributed by atoms with E-state index in [0.717, 1.165) is 23.4 Å². The van der Waals surface area contributed by atoms with Gasteiger partial charge in [-0.1, -0.05) is 11.8 Å². The standard InChI is InChI=1S/C14H19NO2/c1-15(2)11-13-10-12(6-4-5-9-16)7-8-14(13)17-3/h7-8,10,16H,5,9,11H2,1-3H3. The van der Waals surface area contributed by atoms with Gasteiger partial charge in [-0.05, 0) is 32.3 Å². The Morgan fingerprint density at radius 1 is 1.35 bits per heavy atom. The van der Waals surface area contributed by atoms with Crippen molar-refractivity contribution in [2.24, 2.45) is 0 Å². The number of rotatable bonds is 4. The largest absolute Gasteiger partial charge is 0.496 e. The summed E-state index contributed by atoms with van der Waals surface area (Å²) in [4.78, 5) is 2.09. The molecular formula is C14H19NO2. The number of hydrogen-bond donors (Lipinski definition) is 1. The molecule has 0 amide bonds. The fraction of sp³-hybridized carbons (Fsp3) is 0.429. The molecule has 1 aromatic rings. The number of benzene rings is 1. The minimum atomic E-state index is 0.105. The molecule has 0 aliphatic heterocycles. The Morgan fingerprint density at radius 3 is 2.71 bits per heavy atom. The molecule has 0 radical (unpaired) electrons. The number of nitrogens with zero attached hydrogens (tertiary/aromatic N) is 1. The van der Waals surface area contributed by atoms with Crippen molar-refractivity contribution in [1.82, 2.24) is 4.90 Å². The quantitative estimate of drug-likeness (QED) is 0.800. The minimum absolute atomic E-state index is 0.105. The smallest absolute Gasteiger partial charge is 0.123 e. The van der Waals surface area contributed by atoms with Gasteiger partial charge in [0, 0.05) is 24.1 Å². The molecule has 1 aromatic carbocycles. The van der Waals surface area contributed by atoms with E-state index in [1.165, 1.54) is 0 Å². The monoisotopic (exact) mass is 233 g/mol. The van der Waals surface area contributed by atoms with Crippen LogP contribution in [0.4, 0.5) is 0 Å². The van der Waals surface area contributed by atoms with E-state index >= 15 is 0 Å². The fourth-order valence-electron chi connectivity index (χ4n) is 1.54. The van der Waals surface area contributed by atoms with E-state index < -0.39 is 0 Å². The average Bonchev–Trinajstić information content (AvgIpc) is 2.29. The molecule has 0 spiro atoms. The van der Waals surface area contributed by atoms with Crippen LogP contribution in [0.2, 0.25) is 0 Å². The fourth-order valence-corrected chi connectivity index (χ4v) is 1.54. The normalized spacial score (nSPS) is 9.94. The van der Waals surface area contributed by atoms with Crippen molar-refractivity contribution in [3.8, 4) is 17.6 Å². The van der Waals surface area contributed by atoms with E-state index in [-0.39, 0.29) is 6.61 Å². The van der Waals surface area contributed by atoms with Crippen molar-refractivity contribution >= 4 is 0 Å². The molecule has 0 atom stereocenters. The van der Waals surface area contributed by atoms with Crippen molar-refractivity contribution in [1.29, 1.82) is 0 Å². The Bertz CT molecular complexity index is 416. The molecule has 0 aliphatic carbocycles. The van der Waals surface area contributed by atoms with Gasteiger partial charge in [0.25, 0.3) is 0 Å². The second-order valence-electron chi connectivity index (χ2n) is 4.04. The Labute approximate surface area is 103 Å². The average molecular weight is 233 g/mol. The lowest BCUT2D eigenvalue weighted by Crippen LogP contribution is -2.11. The summed E-state index contributed by atoms with van der Waals surface area (Å²) >= 11 is 0. The summed E-state index contributed by atoms with van der Waals surface area (Å²) < 4.78 is 5.31. The third-order valence-corrected chi connectivity index (χ3v) is 2.24. The third-order valence-electron chi connectivity index (χ3n) is 2.24. The summed E-state index contributed by atoms with van der Waals surface area (Å²) in [5.74, 6) is 6.82. The highest BCUT2D eigenvalue weighted by molar-refractivity contribution is 5.44. The summed E-state index contributed by atoms with van der Waals surface area (Å²) in [7, 11) is 5.71. The van der Waals surface area contributed by atoms with Crippen molar-refractivity contribution < 1.29 is 9.84 Å². The van der Waals surface area contributed by atoms with Gasteiger partial charge in [-0.2, -0.15) is 0 Å². The van der Waals surface area contributed by atoms with Crippen LogP contribution in [0.1, 0.15) is 17.5 Å². The van der Waals surface area contributed by atoms with E-state index in [4.69, 9.17) is 9.84 Å². The third kappa shape index (κ3) is 4.48. The molecule has 3 nitrogen and oxygen atoms in total. The Balaban J connectivity index is 2.93. The number of aliphatic hydroxyl groups excluding tert-OH is 1. The second kappa shape index (κ2) is 6.95.